The third-order valence-corrected chi connectivity index (χ3v) is 3.55. The van der Waals surface area contributed by atoms with E-state index in [0.717, 1.165) is 29.3 Å². The van der Waals surface area contributed by atoms with Crippen molar-refractivity contribution < 1.29 is 4.42 Å². The average molecular weight is 236 g/mol. The van der Waals surface area contributed by atoms with Gasteiger partial charge in [0.05, 0.1) is 11.3 Å². The normalized spacial score (nSPS) is 12.9. The van der Waals surface area contributed by atoms with Gasteiger partial charge in [-0.2, -0.15) is 0 Å². The van der Waals surface area contributed by atoms with E-state index in [4.69, 9.17) is 10.2 Å². The minimum absolute atomic E-state index is 0.204. The molecule has 2 N–H and O–H groups in total. The molecule has 0 aliphatic heterocycles. The van der Waals surface area contributed by atoms with Gasteiger partial charge in [0.15, 0.2) is 5.76 Å². The molecule has 1 unspecified atom stereocenters. The van der Waals surface area contributed by atoms with Crippen molar-refractivity contribution in [1.29, 1.82) is 0 Å². The third kappa shape index (κ3) is 2.33. The van der Waals surface area contributed by atoms with Crippen molar-refractivity contribution in [3.63, 3.8) is 0 Å². The van der Waals surface area contributed by atoms with Crippen LogP contribution < -0.4 is 5.73 Å². The molecule has 2 heterocycles. The highest BCUT2D eigenvalue weighted by Gasteiger charge is 2.13. The maximum absolute atomic E-state index is 5.93. The fourth-order valence-electron chi connectivity index (χ4n) is 1.55. The number of hydrogen-bond donors (Lipinski definition) is 1. The van der Waals surface area contributed by atoms with E-state index in [1.165, 1.54) is 4.88 Å². The molecule has 16 heavy (non-hydrogen) atoms. The van der Waals surface area contributed by atoms with Crippen molar-refractivity contribution in [2.45, 2.75) is 32.7 Å². The van der Waals surface area contributed by atoms with Crippen LogP contribution in [0.25, 0.3) is 11.5 Å². The van der Waals surface area contributed by atoms with Crippen LogP contribution in [0, 0.1) is 6.92 Å². The van der Waals surface area contributed by atoms with E-state index < -0.39 is 0 Å². The fraction of sp³-hybridized carbons (Fsp3) is 0.417. The van der Waals surface area contributed by atoms with Crippen LogP contribution in [0.15, 0.2) is 22.8 Å². The van der Waals surface area contributed by atoms with Gasteiger partial charge >= 0.3 is 0 Å². The number of hydrogen-bond acceptors (Lipinski definition) is 4. The molecule has 86 valence electrons. The Morgan fingerprint density at radius 3 is 3.00 bits per heavy atom. The van der Waals surface area contributed by atoms with Crippen LogP contribution in [0.3, 0.4) is 0 Å². The maximum Gasteiger partial charge on any atom is 0.153 e. The van der Waals surface area contributed by atoms with E-state index in [1.54, 1.807) is 17.6 Å². The molecule has 2 aromatic rings. The van der Waals surface area contributed by atoms with Gasteiger partial charge in [0.1, 0.15) is 5.69 Å². The van der Waals surface area contributed by atoms with Crippen LogP contribution in [0.5, 0.6) is 0 Å². The molecule has 3 nitrogen and oxygen atoms in total. The topological polar surface area (TPSA) is 52.0 Å². The lowest BCUT2D eigenvalue weighted by molar-refractivity contribution is 0.579. The zero-order valence-corrected chi connectivity index (χ0v) is 10.4. The van der Waals surface area contributed by atoms with Crippen LogP contribution in [0.4, 0.5) is 0 Å². The summed E-state index contributed by atoms with van der Waals surface area (Å²) in [5, 5.41) is 1.10. The van der Waals surface area contributed by atoms with Crippen molar-refractivity contribution in [1.82, 2.24) is 4.98 Å². The Kier molecular flexibility index (Phi) is 3.41. The van der Waals surface area contributed by atoms with Crippen molar-refractivity contribution in [3.8, 4) is 11.5 Å². The molecular formula is C12H16N2OS. The van der Waals surface area contributed by atoms with E-state index in [1.807, 2.05) is 12.1 Å². The standard InChI is InChI=1S/C12H16N2OS/c1-3-9(13)7-11-14-12(8(2)16-11)10-5-4-6-15-10/h4-6,9H,3,7,13H2,1-2H3. The first-order valence-corrected chi connectivity index (χ1v) is 6.28. The Morgan fingerprint density at radius 1 is 1.56 bits per heavy atom. The highest BCUT2D eigenvalue weighted by atomic mass is 32.1. The molecule has 0 spiro atoms. The molecular weight excluding hydrogens is 220 g/mol. The fourth-order valence-corrected chi connectivity index (χ4v) is 2.58. The van der Waals surface area contributed by atoms with Crippen LogP contribution in [0.1, 0.15) is 23.2 Å². The van der Waals surface area contributed by atoms with E-state index in [-0.39, 0.29) is 6.04 Å². The van der Waals surface area contributed by atoms with Gasteiger partial charge in [0, 0.05) is 17.3 Å². The van der Waals surface area contributed by atoms with Gasteiger partial charge in [0.2, 0.25) is 0 Å². The Morgan fingerprint density at radius 2 is 2.38 bits per heavy atom. The Labute approximate surface area is 99.3 Å². The van der Waals surface area contributed by atoms with Crippen molar-refractivity contribution in [2.75, 3.05) is 0 Å². The third-order valence-electron chi connectivity index (χ3n) is 2.56. The first kappa shape index (κ1) is 11.4. The van der Waals surface area contributed by atoms with Gasteiger partial charge in [-0.1, -0.05) is 6.92 Å². The summed E-state index contributed by atoms with van der Waals surface area (Å²) in [5.41, 5.74) is 6.88. The summed E-state index contributed by atoms with van der Waals surface area (Å²) in [6.45, 7) is 4.16. The largest absolute Gasteiger partial charge is 0.463 e. The molecule has 4 heteroatoms. The predicted molar refractivity (Wildman–Crippen MR) is 66.5 cm³/mol. The molecule has 0 saturated carbocycles. The molecule has 0 radical (unpaired) electrons. The smallest absolute Gasteiger partial charge is 0.153 e. The summed E-state index contributed by atoms with van der Waals surface area (Å²) in [4.78, 5) is 5.77. The van der Waals surface area contributed by atoms with E-state index in [9.17, 15) is 0 Å². The molecule has 0 amide bonds. The number of aryl methyl sites for hydroxylation is 1. The number of rotatable bonds is 4. The van der Waals surface area contributed by atoms with Crippen LogP contribution in [-0.4, -0.2) is 11.0 Å². The zero-order valence-electron chi connectivity index (χ0n) is 9.56. The Hall–Kier alpha value is -1.13. The van der Waals surface area contributed by atoms with E-state index >= 15 is 0 Å². The molecule has 2 aromatic heterocycles. The van der Waals surface area contributed by atoms with Gasteiger partial charge in [-0.25, -0.2) is 4.98 Å². The Bertz CT molecular complexity index is 448. The first-order chi connectivity index (χ1) is 7.70. The molecule has 2 rings (SSSR count). The number of thiazole rings is 1. The lowest BCUT2D eigenvalue weighted by Gasteiger charge is -2.04. The maximum atomic E-state index is 5.93. The van der Waals surface area contributed by atoms with Crippen molar-refractivity contribution in [3.05, 3.63) is 28.3 Å². The first-order valence-electron chi connectivity index (χ1n) is 5.46. The van der Waals surface area contributed by atoms with Crippen molar-refractivity contribution in [2.24, 2.45) is 5.73 Å². The molecule has 0 saturated heterocycles. The SMILES string of the molecule is CCC(N)Cc1nc(-c2ccco2)c(C)s1. The lowest BCUT2D eigenvalue weighted by Crippen LogP contribution is -2.21. The second-order valence-electron chi connectivity index (χ2n) is 3.86. The number of nitrogens with two attached hydrogens (primary N) is 1. The van der Waals surface area contributed by atoms with Gasteiger partial charge in [-0.3, -0.25) is 0 Å². The van der Waals surface area contributed by atoms with Crippen LogP contribution in [0.2, 0.25) is 0 Å². The Balaban J connectivity index is 2.22. The minimum atomic E-state index is 0.204. The number of nitrogens with zero attached hydrogens (tertiary/aromatic N) is 1. The molecule has 0 bridgehead atoms. The number of aromatic nitrogens is 1. The lowest BCUT2D eigenvalue weighted by atomic mass is 10.2. The van der Waals surface area contributed by atoms with Gasteiger partial charge in [-0.15, -0.1) is 11.3 Å². The second kappa shape index (κ2) is 4.80. The summed E-state index contributed by atoms with van der Waals surface area (Å²) >= 11 is 1.71. The van der Waals surface area contributed by atoms with Crippen LogP contribution >= 0.6 is 11.3 Å². The molecule has 0 aromatic carbocycles. The summed E-state index contributed by atoms with van der Waals surface area (Å²) in [6, 6.07) is 4.02. The predicted octanol–water partition coefficient (Wildman–Crippen LogP) is 2.99. The highest BCUT2D eigenvalue weighted by Crippen LogP contribution is 2.28. The van der Waals surface area contributed by atoms with Crippen molar-refractivity contribution >= 4 is 11.3 Å². The second-order valence-corrected chi connectivity index (χ2v) is 5.15. The van der Waals surface area contributed by atoms with Gasteiger partial charge < -0.3 is 10.2 Å². The molecule has 0 aliphatic carbocycles. The minimum Gasteiger partial charge on any atom is -0.463 e. The van der Waals surface area contributed by atoms with Gasteiger partial charge in [-0.05, 0) is 25.5 Å². The molecule has 0 fully saturated rings. The van der Waals surface area contributed by atoms with Crippen LogP contribution in [-0.2, 0) is 6.42 Å². The summed E-state index contributed by atoms with van der Waals surface area (Å²) in [7, 11) is 0. The molecule has 1 atom stereocenters. The summed E-state index contributed by atoms with van der Waals surface area (Å²) in [6.07, 6.45) is 3.50. The zero-order chi connectivity index (χ0) is 11.5. The highest BCUT2D eigenvalue weighted by molar-refractivity contribution is 7.12. The van der Waals surface area contributed by atoms with E-state index in [0.29, 0.717) is 0 Å². The summed E-state index contributed by atoms with van der Waals surface area (Å²) in [5.74, 6) is 0.838. The van der Waals surface area contributed by atoms with E-state index in [2.05, 4.69) is 18.8 Å². The average Bonchev–Trinajstić information content (AvgIpc) is 2.87. The monoisotopic (exact) mass is 236 g/mol. The number of furan rings is 1. The quantitative estimate of drug-likeness (QED) is 0.887. The summed E-state index contributed by atoms with van der Waals surface area (Å²) < 4.78 is 5.36. The molecule has 0 aliphatic rings. The van der Waals surface area contributed by atoms with Gasteiger partial charge in [0.25, 0.3) is 0 Å².